The lowest BCUT2D eigenvalue weighted by atomic mass is 9.97. The van der Waals surface area contributed by atoms with Crippen LogP contribution in [0.25, 0.3) is 10.2 Å². The monoisotopic (exact) mass is 456 g/mol. The number of hydrogen-bond acceptors (Lipinski definition) is 5. The highest BCUT2D eigenvalue weighted by atomic mass is 35.5. The van der Waals surface area contributed by atoms with Gasteiger partial charge in [-0.25, -0.2) is 0 Å². The molecule has 30 heavy (non-hydrogen) atoms. The zero-order chi connectivity index (χ0) is 21.6. The standard InChI is InChI=1S/C19H16ClF3N4O2S/c1-9(16(28)24-13-8-10(19(21,22)23)6-7-12(13)20)27-18(29)15-11-4-2-3-5-14(11)30-17(15)25-26-27/h6-9H,2-5H2,1H3,(H,24,28)/t9-/m0/s1. The van der Waals surface area contributed by atoms with Gasteiger partial charge < -0.3 is 5.32 Å². The van der Waals surface area contributed by atoms with E-state index < -0.39 is 29.2 Å². The number of aryl methyl sites for hydroxylation is 2. The fraction of sp³-hybridized carbons (Fsp3) is 0.368. The van der Waals surface area contributed by atoms with Crippen LogP contribution >= 0.6 is 22.9 Å². The second kappa shape index (κ2) is 7.66. The summed E-state index contributed by atoms with van der Waals surface area (Å²) in [5, 5.41) is 10.8. The number of halogens is 4. The number of aromatic nitrogens is 3. The van der Waals surface area contributed by atoms with Gasteiger partial charge >= 0.3 is 6.18 Å². The molecule has 11 heteroatoms. The van der Waals surface area contributed by atoms with Crippen molar-refractivity contribution >= 4 is 44.7 Å². The van der Waals surface area contributed by atoms with E-state index in [1.807, 2.05) is 0 Å². The first kappa shape index (κ1) is 20.8. The molecule has 0 saturated heterocycles. The summed E-state index contributed by atoms with van der Waals surface area (Å²) in [6.07, 6.45) is -0.888. The van der Waals surface area contributed by atoms with E-state index in [2.05, 4.69) is 15.6 Å². The van der Waals surface area contributed by atoms with Crippen molar-refractivity contribution < 1.29 is 18.0 Å². The molecule has 6 nitrogen and oxygen atoms in total. The van der Waals surface area contributed by atoms with E-state index in [0.717, 1.165) is 59.0 Å². The fourth-order valence-electron chi connectivity index (χ4n) is 3.49. The molecule has 4 rings (SSSR count). The number of fused-ring (bicyclic) bond motifs is 3. The number of benzene rings is 1. The molecule has 1 N–H and O–H groups in total. The summed E-state index contributed by atoms with van der Waals surface area (Å²) in [6.45, 7) is 1.43. The average molecular weight is 457 g/mol. The van der Waals surface area contributed by atoms with Gasteiger partial charge in [-0.2, -0.15) is 17.9 Å². The Labute approximate surface area is 177 Å². The topological polar surface area (TPSA) is 76.9 Å². The van der Waals surface area contributed by atoms with Gasteiger partial charge in [0.1, 0.15) is 6.04 Å². The summed E-state index contributed by atoms with van der Waals surface area (Å²) in [5.41, 5.74) is -0.614. The van der Waals surface area contributed by atoms with Gasteiger partial charge in [0.25, 0.3) is 5.56 Å². The molecule has 0 aliphatic heterocycles. The van der Waals surface area contributed by atoms with Crippen molar-refractivity contribution in [3.8, 4) is 0 Å². The quantitative estimate of drug-likeness (QED) is 0.624. The van der Waals surface area contributed by atoms with E-state index in [4.69, 9.17) is 11.6 Å². The van der Waals surface area contributed by atoms with E-state index in [9.17, 15) is 22.8 Å². The van der Waals surface area contributed by atoms with Gasteiger partial charge in [0.15, 0.2) is 4.83 Å². The number of nitrogens with one attached hydrogen (secondary N) is 1. The van der Waals surface area contributed by atoms with Crippen molar-refractivity contribution in [3.63, 3.8) is 0 Å². The van der Waals surface area contributed by atoms with Crippen LogP contribution in [0.15, 0.2) is 23.0 Å². The van der Waals surface area contributed by atoms with Crippen LogP contribution < -0.4 is 10.9 Å². The van der Waals surface area contributed by atoms with Crippen LogP contribution in [0, 0.1) is 0 Å². The van der Waals surface area contributed by atoms with Gasteiger partial charge in [0.2, 0.25) is 5.91 Å². The Morgan fingerprint density at radius 3 is 2.77 bits per heavy atom. The maximum absolute atomic E-state index is 13.0. The Bertz CT molecular complexity index is 1200. The molecule has 158 valence electrons. The fourth-order valence-corrected chi connectivity index (χ4v) is 4.85. The Morgan fingerprint density at radius 1 is 1.30 bits per heavy atom. The maximum Gasteiger partial charge on any atom is 0.416 e. The molecule has 0 unspecified atom stereocenters. The lowest BCUT2D eigenvalue weighted by molar-refractivity contribution is -0.137. The van der Waals surface area contributed by atoms with Crippen LogP contribution in [0.4, 0.5) is 18.9 Å². The van der Waals surface area contributed by atoms with Crippen LogP contribution in [0.1, 0.15) is 41.8 Å². The third kappa shape index (κ3) is 3.69. The number of nitrogens with zero attached hydrogens (tertiary/aromatic N) is 3. The zero-order valence-corrected chi connectivity index (χ0v) is 17.3. The number of alkyl halides is 3. The van der Waals surface area contributed by atoms with Crippen LogP contribution in [-0.4, -0.2) is 20.9 Å². The summed E-state index contributed by atoms with van der Waals surface area (Å²) in [6, 6.07) is 1.53. The number of anilines is 1. The highest BCUT2D eigenvalue weighted by molar-refractivity contribution is 7.18. The van der Waals surface area contributed by atoms with Crippen molar-refractivity contribution in [1.29, 1.82) is 0 Å². The minimum absolute atomic E-state index is 0.0515. The van der Waals surface area contributed by atoms with Gasteiger partial charge in [-0.1, -0.05) is 16.8 Å². The number of thiophene rings is 1. The number of hydrogen-bond donors (Lipinski definition) is 1. The summed E-state index contributed by atoms with van der Waals surface area (Å²) in [4.78, 5) is 27.3. The first-order valence-electron chi connectivity index (χ1n) is 9.24. The van der Waals surface area contributed by atoms with E-state index in [-0.39, 0.29) is 10.7 Å². The molecule has 0 fully saturated rings. The largest absolute Gasteiger partial charge is 0.416 e. The molecular formula is C19H16ClF3N4O2S. The van der Waals surface area contributed by atoms with Gasteiger partial charge in [0.05, 0.1) is 21.7 Å². The van der Waals surface area contributed by atoms with Crippen molar-refractivity contribution in [3.05, 3.63) is 49.6 Å². The summed E-state index contributed by atoms with van der Waals surface area (Å²) in [5.74, 6) is -0.726. The first-order chi connectivity index (χ1) is 14.2. The minimum atomic E-state index is -4.58. The maximum atomic E-state index is 13.0. The molecule has 1 aromatic carbocycles. The lowest BCUT2D eigenvalue weighted by Gasteiger charge is -2.16. The smallest absolute Gasteiger partial charge is 0.323 e. The van der Waals surface area contributed by atoms with Crippen LogP contribution in [0.3, 0.4) is 0 Å². The molecule has 0 saturated carbocycles. The van der Waals surface area contributed by atoms with Crippen molar-refractivity contribution in [1.82, 2.24) is 15.0 Å². The predicted octanol–water partition coefficient (Wildman–Crippen LogP) is 4.60. The molecule has 1 aliphatic carbocycles. The van der Waals surface area contributed by atoms with Crippen LogP contribution in [0.5, 0.6) is 0 Å². The number of carbonyl (C=O) groups is 1. The molecule has 0 radical (unpaired) electrons. The minimum Gasteiger partial charge on any atom is -0.323 e. The van der Waals surface area contributed by atoms with Crippen molar-refractivity contribution in [2.75, 3.05) is 5.32 Å². The van der Waals surface area contributed by atoms with E-state index in [1.165, 1.54) is 18.3 Å². The average Bonchev–Trinajstić information content (AvgIpc) is 3.08. The summed E-state index contributed by atoms with van der Waals surface area (Å²) < 4.78 is 39.8. The van der Waals surface area contributed by atoms with Crippen LogP contribution in [0.2, 0.25) is 5.02 Å². The molecule has 3 aromatic rings. The van der Waals surface area contributed by atoms with Gasteiger partial charge in [-0.3, -0.25) is 9.59 Å². The molecule has 0 bridgehead atoms. The number of amides is 1. The molecule has 2 aromatic heterocycles. The molecule has 2 heterocycles. The Hall–Kier alpha value is -2.46. The van der Waals surface area contributed by atoms with Crippen molar-refractivity contribution in [2.24, 2.45) is 0 Å². The van der Waals surface area contributed by atoms with Crippen molar-refractivity contribution in [2.45, 2.75) is 44.8 Å². The number of rotatable bonds is 3. The Balaban J connectivity index is 1.66. The van der Waals surface area contributed by atoms with Gasteiger partial charge in [-0.15, -0.1) is 16.4 Å². The zero-order valence-electron chi connectivity index (χ0n) is 15.7. The normalized spacial score (nSPS) is 15.1. The summed E-state index contributed by atoms with van der Waals surface area (Å²) >= 11 is 7.38. The highest BCUT2D eigenvalue weighted by Gasteiger charge is 2.31. The molecule has 1 amide bonds. The number of carbonyl (C=O) groups excluding carboxylic acids is 1. The molecule has 0 spiro atoms. The van der Waals surface area contributed by atoms with Crippen LogP contribution in [-0.2, 0) is 23.8 Å². The van der Waals surface area contributed by atoms with E-state index in [1.54, 1.807) is 0 Å². The second-order valence-corrected chi connectivity index (χ2v) is 8.58. The SMILES string of the molecule is C[C@@H](C(=O)Nc1cc(C(F)(F)F)ccc1Cl)n1nnc2sc3c(c2c1=O)CCCC3. The first-order valence-corrected chi connectivity index (χ1v) is 10.4. The Kier molecular flexibility index (Phi) is 5.31. The molecule has 1 aliphatic rings. The second-order valence-electron chi connectivity index (χ2n) is 7.09. The van der Waals surface area contributed by atoms with E-state index in [0.29, 0.717) is 10.2 Å². The third-order valence-electron chi connectivity index (χ3n) is 5.10. The predicted molar refractivity (Wildman–Crippen MR) is 108 cm³/mol. The summed E-state index contributed by atoms with van der Waals surface area (Å²) in [7, 11) is 0. The van der Waals surface area contributed by atoms with Gasteiger partial charge in [0, 0.05) is 4.88 Å². The van der Waals surface area contributed by atoms with E-state index >= 15 is 0 Å². The Morgan fingerprint density at radius 2 is 2.03 bits per heavy atom. The third-order valence-corrected chi connectivity index (χ3v) is 6.61. The highest BCUT2D eigenvalue weighted by Crippen LogP contribution is 2.35. The molecule has 1 atom stereocenters. The lowest BCUT2D eigenvalue weighted by Crippen LogP contribution is -2.34. The van der Waals surface area contributed by atoms with Gasteiger partial charge in [-0.05, 0) is 56.4 Å². The molecular weight excluding hydrogens is 441 g/mol.